The fourth-order valence-corrected chi connectivity index (χ4v) is 8.82. The number of carboxylic acid groups (broad SMARTS) is 1. The Labute approximate surface area is 188 Å². The van der Waals surface area contributed by atoms with E-state index in [1.54, 1.807) is 0 Å². The van der Waals surface area contributed by atoms with Gasteiger partial charge in [0.15, 0.2) is 0 Å². The second-order valence-electron chi connectivity index (χ2n) is 11.0. The van der Waals surface area contributed by atoms with Crippen molar-refractivity contribution in [1.29, 1.82) is 0 Å². The van der Waals surface area contributed by atoms with Crippen LogP contribution in [0.25, 0.3) is 0 Å². The van der Waals surface area contributed by atoms with Crippen molar-refractivity contribution < 1.29 is 39.5 Å². The number of aliphatic carboxylic acids is 1. The maximum absolute atomic E-state index is 10.9. The molecule has 0 aromatic carbocycles. The Kier molecular flexibility index (Phi) is 6.82. The van der Waals surface area contributed by atoms with Gasteiger partial charge in [-0.25, -0.2) is 0 Å². The monoisotopic (exact) mass is 382 g/mol. The number of carboxylic acids is 1. The first-order valence-electron chi connectivity index (χ1n) is 11.6. The average molecular weight is 383 g/mol. The molecule has 4 fully saturated rings. The third kappa shape index (κ3) is 3.70. The summed E-state index contributed by atoms with van der Waals surface area (Å²) in [6, 6.07) is 0. The molecule has 2 nitrogen and oxygen atoms in total. The Bertz CT molecular complexity index is 548. The molecular weight excluding hydrogens is 343 g/mol. The summed E-state index contributed by atoms with van der Waals surface area (Å²) < 4.78 is 0. The fourth-order valence-electron chi connectivity index (χ4n) is 8.82. The largest absolute Gasteiger partial charge is 1.00 e. The molecule has 0 radical (unpaired) electrons. The van der Waals surface area contributed by atoms with E-state index < -0.39 is 5.97 Å². The third-order valence-electron chi connectivity index (χ3n) is 10.1. The van der Waals surface area contributed by atoms with E-state index in [2.05, 4.69) is 20.8 Å². The molecule has 0 aliphatic heterocycles. The van der Waals surface area contributed by atoms with Crippen molar-refractivity contribution in [2.45, 2.75) is 97.8 Å². The molecule has 0 amide bonds. The van der Waals surface area contributed by atoms with Gasteiger partial charge in [-0.3, -0.25) is 0 Å². The predicted molar refractivity (Wildman–Crippen MR) is 103 cm³/mol. The summed E-state index contributed by atoms with van der Waals surface area (Å²) in [5.41, 5.74) is 1.09. The van der Waals surface area contributed by atoms with Gasteiger partial charge < -0.3 is 9.90 Å². The minimum atomic E-state index is -0.871. The molecule has 1 unspecified atom stereocenters. The van der Waals surface area contributed by atoms with Gasteiger partial charge in [0.25, 0.3) is 0 Å². The van der Waals surface area contributed by atoms with Crippen LogP contribution in [0.5, 0.6) is 0 Å². The Hall–Kier alpha value is 0.470. The summed E-state index contributed by atoms with van der Waals surface area (Å²) in [5, 5.41) is 10.9. The molecule has 4 saturated carbocycles. The number of carbonyl (C=O) groups excluding carboxylic acids is 1. The van der Waals surface area contributed by atoms with Gasteiger partial charge in [-0.2, -0.15) is 0 Å². The van der Waals surface area contributed by atoms with Gasteiger partial charge in [0.2, 0.25) is 0 Å². The van der Waals surface area contributed by atoms with Crippen LogP contribution in [0.3, 0.4) is 0 Å². The fraction of sp³-hybridized carbons (Fsp3) is 0.958. The van der Waals surface area contributed by atoms with Gasteiger partial charge in [0.1, 0.15) is 0 Å². The summed E-state index contributed by atoms with van der Waals surface area (Å²) in [4.78, 5) is 10.9. The Balaban J connectivity index is 0.00000210. The molecule has 0 aromatic rings. The summed E-state index contributed by atoms with van der Waals surface area (Å²) in [5.74, 6) is 4.20. The first-order chi connectivity index (χ1) is 12.4. The zero-order valence-corrected chi connectivity index (χ0v) is 20.3. The van der Waals surface area contributed by atoms with Crippen molar-refractivity contribution >= 4 is 5.97 Å². The molecule has 0 bridgehead atoms. The van der Waals surface area contributed by atoms with Crippen LogP contribution in [-0.4, -0.2) is 5.97 Å². The third-order valence-corrected chi connectivity index (χ3v) is 10.1. The molecule has 27 heavy (non-hydrogen) atoms. The van der Waals surface area contributed by atoms with Crippen LogP contribution in [0.4, 0.5) is 0 Å². The van der Waals surface area contributed by atoms with Gasteiger partial charge in [-0.05, 0) is 111 Å². The predicted octanol–water partition coefficient (Wildman–Crippen LogP) is 2.21. The molecule has 4 aliphatic rings. The van der Waals surface area contributed by atoms with Gasteiger partial charge in [-0.15, -0.1) is 0 Å². The first kappa shape index (κ1) is 22.2. The van der Waals surface area contributed by atoms with E-state index in [1.165, 1.54) is 64.2 Å². The van der Waals surface area contributed by atoms with Crippen LogP contribution >= 0.6 is 0 Å². The van der Waals surface area contributed by atoms with Crippen LogP contribution in [-0.2, 0) is 4.79 Å². The van der Waals surface area contributed by atoms with Crippen molar-refractivity contribution in [2.24, 2.45) is 46.3 Å². The second kappa shape index (κ2) is 8.31. The first-order valence-corrected chi connectivity index (χ1v) is 11.6. The smallest absolute Gasteiger partial charge is 0.550 e. The minimum absolute atomic E-state index is 0. The molecule has 8 atom stereocenters. The number of rotatable bonds is 4. The standard InChI is InChI=1S/C24H40O2.Na/c1-16(7-12-22(25)26)19-10-11-20-18-9-8-17-6-4-5-14-23(17,2)21(18)13-15-24(19,20)3;/h16-21H,4-15H2,1-3H3,(H,25,26);/q;+1/p-1/t16-,17?,18+,19-,20+,21+,23+,24-;/m1./s1. The second-order valence-corrected chi connectivity index (χ2v) is 11.0. The summed E-state index contributed by atoms with van der Waals surface area (Å²) in [6.45, 7) is 7.55. The van der Waals surface area contributed by atoms with Gasteiger partial charge >= 0.3 is 29.6 Å². The van der Waals surface area contributed by atoms with Crippen LogP contribution in [0, 0.1) is 46.3 Å². The molecule has 4 aliphatic carbocycles. The Morgan fingerprint density at radius 1 is 0.963 bits per heavy atom. The maximum Gasteiger partial charge on any atom is 1.00 e. The van der Waals surface area contributed by atoms with E-state index in [-0.39, 0.29) is 36.0 Å². The molecule has 0 aromatic heterocycles. The van der Waals surface area contributed by atoms with E-state index in [1.807, 2.05) is 0 Å². The Morgan fingerprint density at radius 3 is 2.44 bits per heavy atom. The molecular formula is C24H39NaO2. The van der Waals surface area contributed by atoms with E-state index in [0.29, 0.717) is 16.7 Å². The molecule has 3 heteroatoms. The quantitative estimate of drug-likeness (QED) is 0.700. The summed E-state index contributed by atoms with van der Waals surface area (Å²) in [6.07, 6.45) is 15.5. The van der Waals surface area contributed by atoms with E-state index in [0.717, 1.165) is 36.0 Å². The number of carbonyl (C=O) groups is 1. The summed E-state index contributed by atoms with van der Waals surface area (Å²) in [7, 11) is 0. The molecule has 0 heterocycles. The van der Waals surface area contributed by atoms with Crippen LogP contribution < -0.4 is 34.7 Å². The van der Waals surface area contributed by atoms with Crippen molar-refractivity contribution in [3.63, 3.8) is 0 Å². The van der Waals surface area contributed by atoms with Gasteiger partial charge in [0, 0.05) is 5.97 Å². The number of fused-ring (bicyclic) bond motifs is 5. The zero-order chi connectivity index (χ0) is 18.5. The number of hydrogen-bond acceptors (Lipinski definition) is 2. The topological polar surface area (TPSA) is 40.1 Å². The Morgan fingerprint density at radius 2 is 1.70 bits per heavy atom. The normalized spacial score (nSPS) is 47.1. The molecule has 4 rings (SSSR count). The van der Waals surface area contributed by atoms with Gasteiger partial charge in [0.05, 0.1) is 0 Å². The molecule has 0 spiro atoms. The molecule has 0 N–H and O–H groups in total. The van der Waals surface area contributed by atoms with Gasteiger partial charge in [-0.1, -0.05) is 33.6 Å². The number of hydrogen-bond donors (Lipinski definition) is 0. The van der Waals surface area contributed by atoms with Crippen molar-refractivity contribution in [3.8, 4) is 0 Å². The van der Waals surface area contributed by atoms with Crippen molar-refractivity contribution in [2.75, 3.05) is 0 Å². The molecule has 0 saturated heterocycles. The average Bonchev–Trinajstić information content (AvgIpc) is 2.96. The van der Waals surface area contributed by atoms with Crippen LogP contribution in [0.1, 0.15) is 97.8 Å². The van der Waals surface area contributed by atoms with Crippen LogP contribution in [0.15, 0.2) is 0 Å². The summed E-state index contributed by atoms with van der Waals surface area (Å²) >= 11 is 0. The zero-order valence-electron chi connectivity index (χ0n) is 18.3. The SMILES string of the molecule is C[C@H](CCC(=O)[O-])[C@H]1CC[C@H]2[C@@H]3CCC4CCCC[C@]4(C)[C@H]3CC[C@]12C.[Na+]. The van der Waals surface area contributed by atoms with Crippen molar-refractivity contribution in [3.05, 3.63) is 0 Å². The van der Waals surface area contributed by atoms with E-state index in [4.69, 9.17) is 0 Å². The van der Waals surface area contributed by atoms with E-state index in [9.17, 15) is 9.90 Å². The van der Waals surface area contributed by atoms with Crippen molar-refractivity contribution in [1.82, 2.24) is 0 Å². The maximum atomic E-state index is 10.9. The minimum Gasteiger partial charge on any atom is -0.550 e. The van der Waals surface area contributed by atoms with Crippen LogP contribution in [0.2, 0.25) is 0 Å². The van der Waals surface area contributed by atoms with E-state index >= 15 is 0 Å². The molecule has 148 valence electrons.